The molecule has 1 aliphatic carbocycles. The molecule has 0 aliphatic heterocycles. The first kappa shape index (κ1) is 33.8. The second kappa shape index (κ2) is 14.4. The summed E-state index contributed by atoms with van der Waals surface area (Å²) in [5, 5.41) is 0. The van der Waals surface area contributed by atoms with E-state index in [2.05, 4.69) is 210 Å². The molecular formula is C52H43N. The molecule has 0 atom stereocenters. The molecule has 8 rings (SSSR count). The van der Waals surface area contributed by atoms with Gasteiger partial charge >= 0.3 is 0 Å². The summed E-state index contributed by atoms with van der Waals surface area (Å²) >= 11 is 0. The summed E-state index contributed by atoms with van der Waals surface area (Å²) in [4.78, 5) is 5.17. The fraction of sp³-hybridized carbons (Fsp3) is 0.0962. The van der Waals surface area contributed by atoms with E-state index in [0.717, 1.165) is 33.7 Å². The SMILES string of the molecule is C/C=C(\C=C(/N=C(C)c1ccccc1)c1ccccc1)c1ccc(-c2cc3c(cc2-c2ccc(-c4ccccc4)cc2)-c2ccccc2C3(C)C)cc1. The molecule has 0 saturated heterocycles. The van der Waals surface area contributed by atoms with E-state index in [-0.39, 0.29) is 5.41 Å². The van der Waals surface area contributed by atoms with E-state index in [1.165, 1.54) is 55.6 Å². The molecule has 0 aromatic heterocycles. The van der Waals surface area contributed by atoms with Crippen molar-refractivity contribution in [2.24, 2.45) is 4.99 Å². The average Bonchev–Trinajstić information content (AvgIpc) is 3.45. The van der Waals surface area contributed by atoms with Crippen LogP contribution in [0.4, 0.5) is 0 Å². The predicted octanol–water partition coefficient (Wildman–Crippen LogP) is 13.9. The van der Waals surface area contributed by atoms with Crippen LogP contribution < -0.4 is 0 Å². The van der Waals surface area contributed by atoms with Gasteiger partial charge in [-0.05, 0) is 104 Å². The molecule has 1 heteroatoms. The second-order valence-electron chi connectivity index (χ2n) is 14.3. The van der Waals surface area contributed by atoms with E-state index in [0.29, 0.717) is 0 Å². The quantitative estimate of drug-likeness (QED) is 0.112. The van der Waals surface area contributed by atoms with Crippen molar-refractivity contribution in [3.05, 3.63) is 216 Å². The monoisotopic (exact) mass is 681 g/mol. The van der Waals surface area contributed by atoms with E-state index in [4.69, 9.17) is 4.99 Å². The number of nitrogens with zero attached hydrogens (tertiary/aromatic N) is 1. The number of aliphatic imine (C=N–C) groups is 1. The van der Waals surface area contributed by atoms with Crippen LogP contribution in [0.2, 0.25) is 0 Å². The summed E-state index contributed by atoms with van der Waals surface area (Å²) < 4.78 is 0. The van der Waals surface area contributed by atoms with Crippen molar-refractivity contribution in [3.8, 4) is 44.5 Å². The van der Waals surface area contributed by atoms with Crippen LogP contribution in [0.25, 0.3) is 55.8 Å². The highest BCUT2D eigenvalue weighted by Gasteiger charge is 2.36. The number of rotatable bonds is 8. The first-order valence-corrected chi connectivity index (χ1v) is 18.5. The van der Waals surface area contributed by atoms with Crippen LogP contribution in [-0.4, -0.2) is 5.71 Å². The lowest BCUT2D eigenvalue weighted by Crippen LogP contribution is -2.15. The minimum Gasteiger partial charge on any atom is -0.252 e. The minimum atomic E-state index is -0.0918. The maximum atomic E-state index is 5.17. The van der Waals surface area contributed by atoms with E-state index in [9.17, 15) is 0 Å². The lowest BCUT2D eigenvalue weighted by Gasteiger charge is -2.23. The van der Waals surface area contributed by atoms with Gasteiger partial charge < -0.3 is 0 Å². The maximum Gasteiger partial charge on any atom is 0.0711 e. The number of hydrogen-bond acceptors (Lipinski definition) is 1. The summed E-state index contributed by atoms with van der Waals surface area (Å²) in [6, 6.07) is 63.4. The Morgan fingerprint density at radius 1 is 0.453 bits per heavy atom. The first-order chi connectivity index (χ1) is 25.9. The standard InChI is InChI=1S/C52H43N/c1-5-37(33-51(44-21-13-8-14-22-44)53-36(2)38-17-9-6-10-18-38)40-25-29-43(30-26-40)47-35-50-48(45-23-15-16-24-49(45)52(50,3)4)34-46(47)42-31-27-41(28-32-42)39-19-11-7-12-20-39/h5-35H,1-4H3/b37-5+,51-33-,53-36?. The summed E-state index contributed by atoms with van der Waals surface area (Å²) in [5.41, 5.74) is 19.1. The predicted molar refractivity (Wildman–Crippen MR) is 227 cm³/mol. The molecule has 0 radical (unpaired) electrons. The Bertz CT molecular complexity index is 2480. The second-order valence-corrected chi connectivity index (χ2v) is 14.3. The summed E-state index contributed by atoms with van der Waals surface area (Å²) in [7, 11) is 0. The molecule has 53 heavy (non-hydrogen) atoms. The molecule has 0 saturated carbocycles. The Morgan fingerprint density at radius 3 is 1.60 bits per heavy atom. The molecule has 7 aromatic carbocycles. The third-order valence-electron chi connectivity index (χ3n) is 10.7. The molecule has 0 heterocycles. The smallest absolute Gasteiger partial charge is 0.0711 e. The Hall–Kier alpha value is -6.31. The molecule has 0 amide bonds. The third kappa shape index (κ3) is 6.63. The lowest BCUT2D eigenvalue weighted by molar-refractivity contribution is 0.660. The van der Waals surface area contributed by atoms with Crippen LogP contribution in [0, 0.1) is 0 Å². The molecule has 0 N–H and O–H groups in total. The van der Waals surface area contributed by atoms with Crippen LogP contribution >= 0.6 is 0 Å². The van der Waals surface area contributed by atoms with Gasteiger partial charge in [0.15, 0.2) is 0 Å². The summed E-state index contributed by atoms with van der Waals surface area (Å²) in [6.07, 6.45) is 4.39. The van der Waals surface area contributed by atoms with Crippen LogP contribution in [0.5, 0.6) is 0 Å². The van der Waals surface area contributed by atoms with Crippen molar-refractivity contribution in [2.75, 3.05) is 0 Å². The number of benzene rings is 7. The van der Waals surface area contributed by atoms with Gasteiger partial charge in [0, 0.05) is 16.7 Å². The molecular weight excluding hydrogens is 639 g/mol. The van der Waals surface area contributed by atoms with Crippen molar-refractivity contribution in [1.29, 1.82) is 0 Å². The number of fused-ring (bicyclic) bond motifs is 3. The van der Waals surface area contributed by atoms with Gasteiger partial charge in [0.25, 0.3) is 0 Å². The molecule has 7 aromatic rings. The third-order valence-corrected chi connectivity index (χ3v) is 10.7. The highest BCUT2D eigenvalue weighted by Crippen LogP contribution is 2.52. The highest BCUT2D eigenvalue weighted by molar-refractivity contribution is 6.02. The van der Waals surface area contributed by atoms with Crippen molar-refractivity contribution >= 4 is 17.0 Å². The highest BCUT2D eigenvalue weighted by atomic mass is 14.8. The van der Waals surface area contributed by atoms with Gasteiger partial charge in [0.1, 0.15) is 0 Å². The van der Waals surface area contributed by atoms with Crippen molar-refractivity contribution in [1.82, 2.24) is 0 Å². The molecule has 0 bridgehead atoms. The zero-order valence-electron chi connectivity index (χ0n) is 30.8. The van der Waals surface area contributed by atoms with Crippen LogP contribution in [0.1, 0.15) is 55.5 Å². The zero-order valence-corrected chi connectivity index (χ0v) is 30.8. The van der Waals surface area contributed by atoms with E-state index >= 15 is 0 Å². The van der Waals surface area contributed by atoms with Gasteiger partial charge in [-0.2, -0.15) is 0 Å². The normalized spacial score (nSPS) is 13.8. The van der Waals surface area contributed by atoms with Crippen LogP contribution in [-0.2, 0) is 5.41 Å². The van der Waals surface area contributed by atoms with Gasteiger partial charge in [0.2, 0.25) is 0 Å². The number of hydrogen-bond donors (Lipinski definition) is 0. The summed E-state index contributed by atoms with van der Waals surface area (Å²) in [6.45, 7) is 8.90. The minimum absolute atomic E-state index is 0.0918. The lowest BCUT2D eigenvalue weighted by atomic mass is 9.80. The molecule has 256 valence electrons. The Labute approximate surface area is 314 Å². The van der Waals surface area contributed by atoms with E-state index in [1.54, 1.807) is 0 Å². The summed E-state index contributed by atoms with van der Waals surface area (Å²) in [5.74, 6) is 0. The van der Waals surface area contributed by atoms with Gasteiger partial charge in [-0.25, -0.2) is 0 Å². The van der Waals surface area contributed by atoms with Crippen molar-refractivity contribution in [2.45, 2.75) is 33.1 Å². The zero-order chi connectivity index (χ0) is 36.4. The largest absolute Gasteiger partial charge is 0.252 e. The fourth-order valence-corrected chi connectivity index (χ4v) is 7.73. The van der Waals surface area contributed by atoms with Crippen LogP contribution in [0.3, 0.4) is 0 Å². The van der Waals surface area contributed by atoms with Gasteiger partial charge in [0.05, 0.1) is 5.70 Å². The van der Waals surface area contributed by atoms with Gasteiger partial charge in [-0.15, -0.1) is 0 Å². The fourth-order valence-electron chi connectivity index (χ4n) is 7.73. The molecule has 1 aliphatic rings. The van der Waals surface area contributed by atoms with Crippen molar-refractivity contribution < 1.29 is 0 Å². The number of allylic oxidation sites excluding steroid dienone is 3. The molecule has 1 nitrogen and oxygen atoms in total. The molecule has 0 fully saturated rings. The van der Waals surface area contributed by atoms with Gasteiger partial charge in [-0.1, -0.05) is 184 Å². The Balaban J connectivity index is 1.21. The van der Waals surface area contributed by atoms with E-state index in [1.807, 2.05) is 6.07 Å². The molecule has 0 spiro atoms. The average molecular weight is 682 g/mol. The molecule has 0 unspecified atom stereocenters. The van der Waals surface area contributed by atoms with Crippen LogP contribution in [0.15, 0.2) is 193 Å². The van der Waals surface area contributed by atoms with Gasteiger partial charge in [-0.3, -0.25) is 4.99 Å². The first-order valence-electron chi connectivity index (χ1n) is 18.5. The topological polar surface area (TPSA) is 12.4 Å². The van der Waals surface area contributed by atoms with E-state index < -0.39 is 0 Å². The maximum absolute atomic E-state index is 5.17. The Kier molecular flexibility index (Phi) is 9.17. The Morgan fingerprint density at radius 2 is 0.962 bits per heavy atom. The van der Waals surface area contributed by atoms with Crippen molar-refractivity contribution in [3.63, 3.8) is 0 Å².